The van der Waals surface area contributed by atoms with E-state index in [0.717, 1.165) is 40.4 Å². The topological polar surface area (TPSA) is 41.1 Å². The normalized spacial score (nSPS) is 11.6. The van der Waals surface area contributed by atoms with E-state index in [4.69, 9.17) is 21.6 Å². The largest absolute Gasteiger partial charge is 0.368 e. The Morgan fingerprint density at radius 1 is 1.04 bits per heavy atom. The minimum Gasteiger partial charge on any atom is -0.368 e. The highest BCUT2D eigenvalue weighted by Gasteiger charge is 2.08. The van der Waals surface area contributed by atoms with Gasteiger partial charge < -0.3 is 10.2 Å². The molecule has 1 aromatic heterocycles. The first-order valence-electron chi connectivity index (χ1n) is 8.62. The maximum Gasteiger partial charge on any atom is 0.154 e. The molecule has 3 aromatic rings. The van der Waals surface area contributed by atoms with Gasteiger partial charge in [-0.15, -0.1) is 0 Å². The number of hydrogen-bond donors (Lipinski definition) is 1. The predicted molar refractivity (Wildman–Crippen MR) is 112 cm³/mol. The van der Waals surface area contributed by atoms with E-state index in [-0.39, 0.29) is 0 Å². The summed E-state index contributed by atoms with van der Waals surface area (Å²) in [5, 5.41) is 5.27. The minimum atomic E-state index is 0.686. The molecule has 0 spiro atoms. The SMILES string of the molecule is Cc1cccc2nc(/C=C/c3ccc(Cl)cc3)nc(NCCN(C)C)c12. The van der Waals surface area contributed by atoms with Gasteiger partial charge in [0.2, 0.25) is 0 Å². The van der Waals surface area contributed by atoms with Crippen LogP contribution in [0.15, 0.2) is 42.5 Å². The van der Waals surface area contributed by atoms with Gasteiger partial charge in [-0.25, -0.2) is 9.97 Å². The van der Waals surface area contributed by atoms with Crippen molar-refractivity contribution in [3.05, 3.63) is 64.4 Å². The molecule has 0 amide bonds. The molecular formula is C21H23ClN4. The van der Waals surface area contributed by atoms with E-state index in [9.17, 15) is 0 Å². The first-order valence-corrected chi connectivity index (χ1v) is 9.00. The summed E-state index contributed by atoms with van der Waals surface area (Å²) in [7, 11) is 4.12. The highest BCUT2D eigenvalue weighted by Crippen LogP contribution is 2.24. The van der Waals surface area contributed by atoms with Crippen LogP contribution in [0.3, 0.4) is 0 Å². The number of nitrogens with one attached hydrogen (secondary N) is 1. The van der Waals surface area contributed by atoms with Crippen LogP contribution in [-0.2, 0) is 0 Å². The number of nitrogens with zero attached hydrogens (tertiary/aromatic N) is 3. The highest BCUT2D eigenvalue weighted by atomic mass is 35.5. The first kappa shape index (κ1) is 18.4. The van der Waals surface area contributed by atoms with E-state index < -0.39 is 0 Å². The number of halogens is 1. The van der Waals surface area contributed by atoms with Gasteiger partial charge in [-0.05, 0) is 56.4 Å². The zero-order valence-corrected chi connectivity index (χ0v) is 16.1. The number of benzene rings is 2. The van der Waals surface area contributed by atoms with Crippen molar-refractivity contribution < 1.29 is 0 Å². The Kier molecular flexibility index (Phi) is 5.86. The maximum atomic E-state index is 5.94. The number of fused-ring (bicyclic) bond motifs is 1. The third kappa shape index (κ3) is 4.59. The van der Waals surface area contributed by atoms with Gasteiger partial charge in [-0.2, -0.15) is 0 Å². The Balaban J connectivity index is 1.94. The van der Waals surface area contributed by atoms with Crippen LogP contribution in [0.2, 0.25) is 5.02 Å². The zero-order chi connectivity index (χ0) is 18.5. The van der Waals surface area contributed by atoms with Gasteiger partial charge >= 0.3 is 0 Å². The van der Waals surface area contributed by atoms with E-state index in [1.807, 2.05) is 48.6 Å². The molecule has 0 atom stereocenters. The van der Waals surface area contributed by atoms with Crippen LogP contribution in [0.5, 0.6) is 0 Å². The molecule has 4 nitrogen and oxygen atoms in total. The standard InChI is InChI=1S/C21H23ClN4/c1-15-5-4-6-18-20(15)21(23-13-14-26(2)3)25-19(24-18)12-9-16-7-10-17(22)11-8-16/h4-12H,13-14H2,1-3H3,(H,23,24,25)/b12-9+. The molecule has 0 saturated carbocycles. The smallest absolute Gasteiger partial charge is 0.154 e. The van der Waals surface area contributed by atoms with Crippen molar-refractivity contribution in [3.63, 3.8) is 0 Å². The zero-order valence-electron chi connectivity index (χ0n) is 15.3. The van der Waals surface area contributed by atoms with Crippen LogP contribution in [0.25, 0.3) is 23.1 Å². The number of aryl methyl sites for hydroxylation is 1. The molecule has 0 unspecified atom stereocenters. The lowest BCUT2D eigenvalue weighted by Gasteiger charge is -2.14. The van der Waals surface area contributed by atoms with E-state index in [0.29, 0.717) is 5.82 Å². The lowest BCUT2D eigenvalue weighted by Crippen LogP contribution is -2.21. The molecule has 0 radical (unpaired) electrons. The third-order valence-electron chi connectivity index (χ3n) is 4.10. The quantitative estimate of drug-likeness (QED) is 0.684. The van der Waals surface area contributed by atoms with Crippen molar-refractivity contribution >= 4 is 40.5 Å². The summed E-state index contributed by atoms with van der Waals surface area (Å²) in [6.07, 6.45) is 3.93. The van der Waals surface area contributed by atoms with Gasteiger partial charge in [-0.3, -0.25) is 0 Å². The van der Waals surface area contributed by atoms with Gasteiger partial charge in [-0.1, -0.05) is 41.9 Å². The van der Waals surface area contributed by atoms with E-state index in [2.05, 4.69) is 37.3 Å². The Morgan fingerprint density at radius 3 is 2.54 bits per heavy atom. The Morgan fingerprint density at radius 2 is 1.81 bits per heavy atom. The van der Waals surface area contributed by atoms with E-state index in [1.165, 1.54) is 5.56 Å². The number of anilines is 1. The molecule has 0 saturated heterocycles. The predicted octanol–water partition coefficient (Wildman–Crippen LogP) is 4.74. The molecule has 1 N–H and O–H groups in total. The molecule has 0 aliphatic heterocycles. The molecule has 26 heavy (non-hydrogen) atoms. The van der Waals surface area contributed by atoms with Crippen LogP contribution in [0, 0.1) is 6.92 Å². The van der Waals surface area contributed by atoms with Gasteiger partial charge in [0.25, 0.3) is 0 Å². The minimum absolute atomic E-state index is 0.686. The fourth-order valence-electron chi connectivity index (χ4n) is 2.72. The van der Waals surface area contributed by atoms with Crippen molar-refractivity contribution in [2.24, 2.45) is 0 Å². The second kappa shape index (κ2) is 8.30. The average Bonchev–Trinajstić information content (AvgIpc) is 2.61. The lowest BCUT2D eigenvalue weighted by atomic mass is 10.1. The molecule has 0 aliphatic carbocycles. The Labute approximate surface area is 159 Å². The Hall–Kier alpha value is -2.43. The van der Waals surface area contributed by atoms with E-state index >= 15 is 0 Å². The fraction of sp³-hybridized carbons (Fsp3) is 0.238. The second-order valence-electron chi connectivity index (χ2n) is 6.51. The van der Waals surface area contributed by atoms with Crippen LogP contribution < -0.4 is 5.32 Å². The van der Waals surface area contributed by atoms with E-state index in [1.54, 1.807) is 0 Å². The van der Waals surface area contributed by atoms with Crippen LogP contribution >= 0.6 is 11.6 Å². The van der Waals surface area contributed by atoms with Crippen molar-refractivity contribution in [1.29, 1.82) is 0 Å². The summed E-state index contributed by atoms with van der Waals surface area (Å²) in [4.78, 5) is 11.6. The maximum absolute atomic E-state index is 5.94. The molecule has 3 rings (SSSR count). The first-order chi connectivity index (χ1) is 12.5. The monoisotopic (exact) mass is 366 g/mol. The number of hydrogen-bond acceptors (Lipinski definition) is 4. The van der Waals surface area contributed by atoms with Gasteiger partial charge in [0.15, 0.2) is 5.82 Å². The molecule has 0 bridgehead atoms. The molecule has 0 fully saturated rings. The second-order valence-corrected chi connectivity index (χ2v) is 6.95. The summed E-state index contributed by atoms with van der Waals surface area (Å²) >= 11 is 5.94. The fourth-order valence-corrected chi connectivity index (χ4v) is 2.84. The summed E-state index contributed by atoms with van der Waals surface area (Å²) < 4.78 is 0. The molecule has 5 heteroatoms. The average molecular weight is 367 g/mol. The van der Waals surface area contributed by atoms with Crippen molar-refractivity contribution in [2.75, 3.05) is 32.5 Å². The molecular weight excluding hydrogens is 344 g/mol. The third-order valence-corrected chi connectivity index (χ3v) is 4.35. The van der Waals surface area contributed by atoms with Gasteiger partial charge in [0, 0.05) is 23.5 Å². The molecule has 1 heterocycles. The summed E-state index contributed by atoms with van der Waals surface area (Å²) in [5.74, 6) is 1.57. The van der Waals surface area contributed by atoms with Crippen LogP contribution in [0.1, 0.15) is 17.0 Å². The molecule has 134 valence electrons. The van der Waals surface area contributed by atoms with Crippen LogP contribution in [-0.4, -0.2) is 42.1 Å². The van der Waals surface area contributed by atoms with Crippen LogP contribution in [0.4, 0.5) is 5.82 Å². The highest BCUT2D eigenvalue weighted by molar-refractivity contribution is 6.30. The van der Waals surface area contributed by atoms with Gasteiger partial charge in [0.1, 0.15) is 5.82 Å². The number of rotatable bonds is 6. The molecule has 2 aromatic carbocycles. The summed E-state index contributed by atoms with van der Waals surface area (Å²) in [6.45, 7) is 3.85. The van der Waals surface area contributed by atoms with Crippen molar-refractivity contribution in [3.8, 4) is 0 Å². The summed E-state index contributed by atoms with van der Waals surface area (Å²) in [5.41, 5.74) is 3.18. The lowest BCUT2D eigenvalue weighted by molar-refractivity contribution is 0.425. The molecule has 0 aliphatic rings. The Bertz CT molecular complexity index is 917. The number of aromatic nitrogens is 2. The van der Waals surface area contributed by atoms with Crippen molar-refractivity contribution in [2.45, 2.75) is 6.92 Å². The summed E-state index contributed by atoms with van der Waals surface area (Å²) in [6, 6.07) is 13.8. The van der Waals surface area contributed by atoms with Gasteiger partial charge in [0.05, 0.1) is 5.52 Å². The van der Waals surface area contributed by atoms with Crippen molar-refractivity contribution in [1.82, 2.24) is 14.9 Å². The number of likely N-dealkylation sites (N-methyl/N-ethyl adjacent to an activating group) is 1.